The van der Waals surface area contributed by atoms with Gasteiger partial charge in [0.05, 0.1) is 0 Å². The van der Waals surface area contributed by atoms with Gasteiger partial charge < -0.3 is 26.4 Å². The monoisotopic (exact) mass is 496 g/mol. The molecule has 0 bridgehead atoms. The van der Waals surface area contributed by atoms with Crippen LogP contribution in [0.4, 0.5) is 10.5 Å². The number of nitrogens with two attached hydrogens (primary N) is 1. The van der Waals surface area contributed by atoms with Crippen molar-refractivity contribution in [2.45, 2.75) is 64.5 Å². The topological polar surface area (TPSA) is 140 Å². The van der Waals surface area contributed by atoms with E-state index in [0.29, 0.717) is 37.4 Å². The summed E-state index contributed by atoms with van der Waals surface area (Å²) in [7, 11) is 0. The van der Waals surface area contributed by atoms with Gasteiger partial charge in [-0.05, 0) is 48.4 Å². The van der Waals surface area contributed by atoms with Crippen molar-refractivity contribution in [3.8, 4) is 0 Å². The van der Waals surface area contributed by atoms with Crippen LogP contribution in [-0.2, 0) is 25.7 Å². The standard InChI is InChI=1S/C27H36N4O5/c1-19(2)21-11-13-22(14-12-21)30-25(33)16-15-24(32)29-17-7-6-10-23(26(28)34)31-27(35)36-18-20-8-4-3-5-9-20/h3-5,8-9,11-14,19,23H,6-7,10,15-18H2,1-2H3,(H2,28,34)(H,29,32)(H,30,33)(H,31,35)/t23-/m0/s1. The van der Waals surface area contributed by atoms with Crippen LogP contribution in [0.2, 0.25) is 0 Å². The average Bonchev–Trinajstić information content (AvgIpc) is 2.86. The van der Waals surface area contributed by atoms with E-state index in [-0.39, 0.29) is 31.3 Å². The molecular weight excluding hydrogens is 460 g/mol. The summed E-state index contributed by atoms with van der Waals surface area (Å²) in [6.07, 6.45) is 0.907. The number of primary amides is 1. The first-order valence-electron chi connectivity index (χ1n) is 12.2. The van der Waals surface area contributed by atoms with Gasteiger partial charge in [-0.3, -0.25) is 14.4 Å². The zero-order valence-corrected chi connectivity index (χ0v) is 20.9. The molecule has 5 N–H and O–H groups in total. The Labute approximate surface area is 212 Å². The van der Waals surface area contributed by atoms with Gasteiger partial charge in [0.2, 0.25) is 17.7 Å². The molecule has 0 unspecified atom stereocenters. The highest BCUT2D eigenvalue weighted by atomic mass is 16.5. The number of rotatable bonds is 14. The molecule has 0 spiro atoms. The highest BCUT2D eigenvalue weighted by molar-refractivity contribution is 5.93. The van der Waals surface area contributed by atoms with Crippen LogP contribution in [0.1, 0.15) is 63.0 Å². The Morgan fingerprint density at radius 3 is 2.19 bits per heavy atom. The summed E-state index contributed by atoms with van der Waals surface area (Å²) in [5.41, 5.74) is 8.10. The normalized spacial score (nSPS) is 11.4. The van der Waals surface area contributed by atoms with Crippen molar-refractivity contribution in [2.24, 2.45) is 5.73 Å². The molecule has 4 amide bonds. The summed E-state index contributed by atoms with van der Waals surface area (Å²) >= 11 is 0. The summed E-state index contributed by atoms with van der Waals surface area (Å²) in [4.78, 5) is 47.7. The predicted molar refractivity (Wildman–Crippen MR) is 138 cm³/mol. The second kappa shape index (κ2) is 15.2. The Bertz CT molecular complexity index is 993. The SMILES string of the molecule is CC(C)c1ccc(NC(=O)CCC(=O)NCCCC[C@H](NC(=O)OCc2ccccc2)C(N)=O)cc1. The van der Waals surface area contributed by atoms with E-state index < -0.39 is 18.0 Å². The van der Waals surface area contributed by atoms with Crippen LogP contribution in [0, 0.1) is 0 Å². The maximum Gasteiger partial charge on any atom is 0.408 e. The number of unbranched alkanes of at least 4 members (excludes halogenated alkanes) is 1. The van der Waals surface area contributed by atoms with Crippen molar-refractivity contribution in [3.05, 3.63) is 65.7 Å². The minimum Gasteiger partial charge on any atom is -0.445 e. The van der Waals surface area contributed by atoms with E-state index in [1.54, 1.807) is 0 Å². The number of hydrogen-bond donors (Lipinski definition) is 4. The summed E-state index contributed by atoms with van der Waals surface area (Å²) in [6, 6.07) is 16.0. The molecule has 0 saturated carbocycles. The van der Waals surface area contributed by atoms with Gasteiger partial charge in [-0.1, -0.05) is 56.3 Å². The first kappa shape index (κ1) is 28.4. The Kier molecular flexibility index (Phi) is 12.0. The van der Waals surface area contributed by atoms with Gasteiger partial charge >= 0.3 is 6.09 Å². The van der Waals surface area contributed by atoms with Gasteiger partial charge in [-0.2, -0.15) is 0 Å². The van der Waals surface area contributed by atoms with E-state index in [1.165, 1.54) is 5.56 Å². The Balaban J connectivity index is 1.58. The lowest BCUT2D eigenvalue weighted by atomic mass is 10.0. The van der Waals surface area contributed by atoms with Gasteiger partial charge in [-0.25, -0.2) is 4.79 Å². The molecule has 0 aromatic heterocycles. The minimum atomic E-state index is -0.859. The number of ether oxygens (including phenoxy) is 1. The minimum absolute atomic E-state index is 0.0780. The molecular formula is C27H36N4O5. The van der Waals surface area contributed by atoms with Crippen LogP contribution in [0.5, 0.6) is 0 Å². The van der Waals surface area contributed by atoms with Gasteiger partial charge in [0, 0.05) is 25.1 Å². The van der Waals surface area contributed by atoms with Crippen molar-refractivity contribution in [1.82, 2.24) is 10.6 Å². The molecule has 0 aliphatic rings. The number of nitrogens with one attached hydrogen (secondary N) is 3. The molecule has 36 heavy (non-hydrogen) atoms. The van der Waals surface area contributed by atoms with E-state index in [2.05, 4.69) is 29.8 Å². The van der Waals surface area contributed by atoms with Crippen molar-refractivity contribution < 1.29 is 23.9 Å². The van der Waals surface area contributed by atoms with Gasteiger partial charge in [0.15, 0.2) is 0 Å². The molecule has 2 aromatic carbocycles. The van der Waals surface area contributed by atoms with E-state index in [0.717, 1.165) is 5.56 Å². The number of carbonyl (C=O) groups is 4. The lowest BCUT2D eigenvalue weighted by molar-refractivity contribution is -0.124. The molecule has 0 aliphatic heterocycles. The van der Waals surface area contributed by atoms with Crippen LogP contribution < -0.4 is 21.7 Å². The zero-order valence-electron chi connectivity index (χ0n) is 20.9. The molecule has 0 heterocycles. The Morgan fingerprint density at radius 2 is 1.56 bits per heavy atom. The zero-order chi connectivity index (χ0) is 26.3. The molecule has 2 aromatic rings. The maximum absolute atomic E-state index is 12.1. The fraction of sp³-hybridized carbons (Fsp3) is 0.407. The van der Waals surface area contributed by atoms with Crippen LogP contribution >= 0.6 is 0 Å². The molecule has 2 rings (SSSR count). The number of carbonyl (C=O) groups excluding carboxylic acids is 4. The number of hydrogen-bond acceptors (Lipinski definition) is 5. The Morgan fingerprint density at radius 1 is 0.889 bits per heavy atom. The summed E-state index contributed by atoms with van der Waals surface area (Å²) < 4.78 is 5.12. The van der Waals surface area contributed by atoms with Crippen molar-refractivity contribution in [3.63, 3.8) is 0 Å². The highest BCUT2D eigenvalue weighted by Crippen LogP contribution is 2.17. The van der Waals surface area contributed by atoms with Crippen molar-refractivity contribution >= 4 is 29.5 Å². The molecule has 9 heteroatoms. The first-order valence-corrected chi connectivity index (χ1v) is 12.2. The van der Waals surface area contributed by atoms with Gasteiger partial charge in [0.1, 0.15) is 12.6 Å². The summed E-state index contributed by atoms with van der Waals surface area (Å²) in [6.45, 7) is 4.68. The third-order valence-electron chi connectivity index (χ3n) is 5.53. The molecule has 0 saturated heterocycles. The Hall–Kier alpha value is -3.88. The molecule has 0 fully saturated rings. The lowest BCUT2D eigenvalue weighted by Crippen LogP contribution is -2.44. The molecule has 0 radical (unpaired) electrons. The molecule has 0 aliphatic carbocycles. The second-order valence-corrected chi connectivity index (χ2v) is 8.83. The van der Waals surface area contributed by atoms with Gasteiger partial charge in [0.25, 0.3) is 0 Å². The third kappa shape index (κ3) is 11.0. The highest BCUT2D eigenvalue weighted by Gasteiger charge is 2.18. The lowest BCUT2D eigenvalue weighted by Gasteiger charge is -2.15. The maximum atomic E-state index is 12.1. The predicted octanol–water partition coefficient (Wildman–Crippen LogP) is 3.60. The summed E-state index contributed by atoms with van der Waals surface area (Å²) in [5.74, 6) is -0.690. The second-order valence-electron chi connectivity index (χ2n) is 8.83. The van der Waals surface area contributed by atoms with Crippen molar-refractivity contribution in [1.29, 1.82) is 0 Å². The smallest absolute Gasteiger partial charge is 0.408 e. The summed E-state index contributed by atoms with van der Waals surface area (Å²) in [5, 5.41) is 8.03. The van der Waals surface area contributed by atoms with Crippen LogP contribution in [0.3, 0.4) is 0 Å². The van der Waals surface area contributed by atoms with E-state index in [4.69, 9.17) is 10.5 Å². The fourth-order valence-corrected chi connectivity index (χ4v) is 3.38. The van der Waals surface area contributed by atoms with Gasteiger partial charge in [-0.15, -0.1) is 0 Å². The average molecular weight is 497 g/mol. The molecule has 1 atom stereocenters. The largest absolute Gasteiger partial charge is 0.445 e. The number of amides is 4. The quantitative estimate of drug-likeness (QED) is 0.296. The first-order chi connectivity index (χ1) is 17.2. The number of alkyl carbamates (subject to hydrolysis) is 1. The number of benzene rings is 2. The fourth-order valence-electron chi connectivity index (χ4n) is 3.38. The molecule has 9 nitrogen and oxygen atoms in total. The van der Waals surface area contributed by atoms with E-state index in [9.17, 15) is 19.2 Å². The van der Waals surface area contributed by atoms with Crippen LogP contribution in [0.15, 0.2) is 54.6 Å². The van der Waals surface area contributed by atoms with Crippen molar-refractivity contribution in [2.75, 3.05) is 11.9 Å². The van der Waals surface area contributed by atoms with Crippen LogP contribution in [0.25, 0.3) is 0 Å². The van der Waals surface area contributed by atoms with E-state index in [1.807, 2.05) is 54.6 Å². The van der Waals surface area contributed by atoms with Crippen LogP contribution in [-0.4, -0.2) is 36.4 Å². The number of anilines is 1. The van der Waals surface area contributed by atoms with E-state index >= 15 is 0 Å². The third-order valence-corrected chi connectivity index (χ3v) is 5.53. The molecule has 194 valence electrons.